The van der Waals surface area contributed by atoms with Crippen LogP contribution in [0.2, 0.25) is 0 Å². The number of carbonyl (C=O) groups excluding carboxylic acids is 1. The summed E-state index contributed by atoms with van der Waals surface area (Å²) < 4.78 is 5.11. The predicted octanol–water partition coefficient (Wildman–Crippen LogP) is 2.00. The first kappa shape index (κ1) is 14.6. The third-order valence-corrected chi connectivity index (χ3v) is 4.03. The Balaban J connectivity index is 2.03. The lowest BCUT2D eigenvalue weighted by Gasteiger charge is -2.33. The number of aryl methyl sites for hydroxylation is 1. The number of rotatable bonds is 5. The molecule has 1 amide bonds. The first-order valence-electron chi connectivity index (χ1n) is 7.03. The SMILES string of the molecule is CCc1ocnc1C(=O)NCC1(C(=O)O)CCCCC1. The second-order valence-electron chi connectivity index (χ2n) is 5.31. The second kappa shape index (κ2) is 6.07. The van der Waals surface area contributed by atoms with Gasteiger partial charge in [0.15, 0.2) is 12.1 Å². The Morgan fingerprint density at radius 1 is 1.40 bits per heavy atom. The van der Waals surface area contributed by atoms with E-state index in [0.717, 1.165) is 19.3 Å². The van der Waals surface area contributed by atoms with Crippen LogP contribution in [-0.4, -0.2) is 28.5 Å². The minimum atomic E-state index is -0.829. The fourth-order valence-corrected chi connectivity index (χ4v) is 2.73. The van der Waals surface area contributed by atoms with Crippen LogP contribution in [0.15, 0.2) is 10.8 Å². The van der Waals surface area contributed by atoms with Gasteiger partial charge in [0.05, 0.1) is 5.41 Å². The third-order valence-electron chi connectivity index (χ3n) is 4.03. The number of aromatic nitrogens is 1. The maximum absolute atomic E-state index is 12.1. The standard InChI is InChI=1S/C14H20N2O4/c1-2-10-11(16-9-20-10)12(17)15-8-14(13(18)19)6-4-3-5-7-14/h9H,2-8H2,1H3,(H,15,17)(H,18,19). The molecule has 1 fully saturated rings. The highest BCUT2D eigenvalue weighted by Crippen LogP contribution is 2.36. The minimum Gasteiger partial charge on any atom is -0.481 e. The lowest BCUT2D eigenvalue weighted by Crippen LogP contribution is -2.44. The van der Waals surface area contributed by atoms with E-state index in [0.29, 0.717) is 25.0 Å². The van der Waals surface area contributed by atoms with Gasteiger partial charge in [0.1, 0.15) is 5.76 Å². The van der Waals surface area contributed by atoms with Gasteiger partial charge in [-0.2, -0.15) is 0 Å². The summed E-state index contributed by atoms with van der Waals surface area (Å²) in [7, 11) is 0. The summed E-state index contributed by atoms with van der Waals surface area (Å²) in [5.74, 6) is -0.661. The van der Waals surface area contributed by atoms with Crippen molar-refractivity contribution >= 4 is 11.9 Å². The monoisotopic (exact) mass is 280 g/mol. The summed E-state index contributed by atoms with van der Waals surface area (Å²) in [5, 5.41) is 12.2. The highest BCUT2D eigenvalue weighted by atomic mass is 16.4. The molecular formula is C14H20N2O4. The molecule has 1 aromatic rings. The van der Waals surface area contributed by atoms with Crippen molar-refractivity contribution in [1.82, 2.24) is 10.3 Å². The van der Waals surface area contributed by atoms with Gasteiger partial charge in [-0.1, -0.05) is 26.2 Å². The molecule has 1 heterocycles. The Kier molecular flexibility index (Phi) is 4.42. The van der Waals surface area contributed by atoms with Crippen molar-refractivity contribution < 1.29 is 19.1 Å². The van der Waals surface area contributed by atoms with Crippen molar-refractivity contribution in [3.8, 4) is 0 Å². The van der Waals surface area contributed by atoms with E-state index < -0.39 is 11.4 Å². The van der Waals surface area contributed by atoms with Gasteiger partial charge in [0.2, 0.25) is 0 Å². The Bertz CT molecular complexity index is 489. The van der Waals surface area contributed by atoms with Crippen molar-refractivity contribution in [2.45, 2.75) is 45.4 Å². The molecule has 0 spiro atoms. The van der Waals surface area contributed by atoms with E-state index in [1.54, 1.807) is 0 Å². The summed E-state index contributed by atoms with van der Waals surface area (Å²) in [5.41, 5.74) is -0.576. The number of nitrogens with one attached hydrogen (secondary N) is 1. The smallest absolute Gasteiger partial charge is 0.311 e. The second-order valence-corrected chi connectivity index (χ2v) is 5.31. The van der Waals surface area contributed by atoms with E-state index >= 15 is 0 Å². The summed E-state index contributed by atoms with van der Waals surface area (Å²) >= 11 is 0. The van der Waals surface area contributed by atoms with Crippen molar-refractivity contribution in [3.63, 3.8) is 0 Å². The van der Waals surface area contributed by atoms with Gasteiger partial charge in [-0.15, -0.1) is 0 Å². The van der Waals surface area contributed by atoms with Crippen LogP contribution in [0.25, 0.3) is 0 Å². The molecule has 0 saturated heterocycles. The molecule has 2 rings (SSSR count). The van der Waals surface area contributed by atoms with Gasteiger partial charge in [0.25, 0.3) is 5.91 Å². The van der Waals surface area contributed by atoms with Crippen LogP contribution in [0.4, 0.5) is 0 Å². The topological polar surface area (TPSA) is 92.4 Å². The summed E-state index contributed by atoms with van der Waals surface area (Å²) in [6.45, 7) is 2.02. The minimum absolute atomic E-state index is 0.150. The van der Waals surface area contributed by atoms with E-state index in [9.17, 15) is 14.7 Å². The maximum atomic E-state index is 12.1. The Hall–Kier alpha value is -1.85. The molecule has 0 aromatic carbocycles. The fraction of sp³-hybridized carbons (Fsp3) is 0.643. The Morgan fingerprint density at radius 2 is 2.10 bits per heavy atom. The number of oxazole rings is 1. The zero-order chi connectivity index (χ0) is 14.6. The number of aliphatic carboxylic acids is 1. The van der Waals surface area contributed by atoms with Crippen molar-refractivity contribution in [3.05, 3.63) is 17.8 Å². The van der Waals surface area contributed by atoms with Gasteiger partial charge >= 0.3 is 5.97 Å². The summed E-state index contributed by atoms with van der Waals surface area (Å²) in [6.07, 6.45) is 5.89. The predicted molar refractivity (Wildman–Crippen MR) is 71.4 cm³/mol. The lowest BCUT2D eigenvalue weighted by atomic mass is 9.74. The quantitative estimate of drug-likeness (QED) is 0.860. The number of hydrogen-bond donors (Lipinski definition) is 2. The van der Waals surface area contributed by atoms with Gasteiger partial charge < -0.3 is 14.8 Å². The number of carboxylic acids is 1. The first-order chi connectivity index (χ1) is 9.59. The number of carboxylic acid groups (broad SMARTS) is 1. The van der Waals surface area contributed by atoms with Crippen LogP contribution in [0.1, 0.15) is 55.3 Å². The maximum Gasteiger partial charge on any atom is 0.311 e. The van der Waals surface area contributed by atoms with Crippen LogP contribution in [0, 0.1) is 5.41 Å². The molecule has 20 heavy (non-hydrogen) atoms. The van der Waals surface area contributed by atoms with E-state index in [2.05, 4.69) is 10.3 Å². The lowest BCUT2D eigenvalue weighted by molar-refractivity contribution is -0.150. The fourth-order valence-electron chi connectivity index (χ4n) is 2.73. The molecule has 1 aliphatic carbocycles. The van der Waals surface area contributed by atoms with Crippen LogP contribution in [-0.2, 0) is 11.2 Å². The van der Waals surface area contributed by atoms with E-state index in [1.165, 1.54) is 6.39 Å². The van der Waals surface area contributed by atoms with Gasteiger partial charge in [-0.05, 0) is 12.8 Å². The molecule has 1 aromatic heterocycles. The molecule has 1 saturated carbocycles. The molecule has 0 bridgehead atoms. The van der Waals surface area contributed by atoms with E-state index in [1.807, 2.05) is 6.92 Å². The average Bonchev–Trinajstić information content (AvgIpc) is 2.94. The molecule has 0 atom stereocenters. The van der Waals surface area contributed by atoms with Crippen molar-refractivity contribution in [1.29, 1.82) is 0 Å². The Morgan fingerprint density at radius 3 is 2.70 bits per heavy atom. The van der Waals surface area contributed by atoms with Gasteiger partial charge in [-0.25, -0.2) is 4.98 Å². The van der Waals surface area contributed by atoms with Gasteiger partial charge in [0, 0.05) is 13.0 Å². The third kappa shape index (κ3) is 2.84. The zero-order valence-corrected chi connectivity index (χ0v) is 11.6. The number of hydrogen-bond acceptors (Lipinski definition) is 4. The van der Waals surface area contributed by atoms with Crippen molar-refractivity contribution in [2.75, 3.05) is 6.54 Å². The molecule has 0 unspecified atom stereocenters. The van der Waals surface area contributed by atoms with Crippen molar-refractivity contribution in [2.24, 2.45) is 5.41 Å². The first-order valence-corrected chi connectivity index (χ1v) is 7.03. The molecular weight excluding hydrogens is 260 g/mol. The zero-order valence-electron chi connectivity index (χ0n) is 11.6. The molecule has 2 N–H and O–H groups in total. The van der Waals surface area contributed by atoms with Gasteiger partial charge in [-0.3, -0.25) is 9.59 Å². The van der Waals surface area contributed by atoms with Crippen LogP contribution in [0.5, 0.6) is 0 Å². The number of nitrogens with zero attached hydrogens (tertiary/aromatic N) is 1. The van der Waals surface area contributed by atoms with Crippen LogP contribution < -0.4 is 5.32 Å². The van der Waals surface area contributed by atoms with Crippen LogP contribution in [0.3, 0.4) is 0 Å². The Labute approximate surface area is 117 Å². The summed E-state index contributed by atoms with van der Waals surface area (Å²) in [4.78, 5) is 27.5. The molecule has 1 aliphatic rings. The average molecular weight is 280 g/mol. The molecule has 6 heteroatoms. The van der Waals surface area contributed by atoms with Crippen LogP contribution >= 0.6 is 0 Å². The van der Waals surface area contributed by atoms with E-state index in [-0.39, 0.29) is 18.1 Å². The highest BCUT2D eigenvalue weighted by Gasteiger charge is 2.40. The highest BCUT2D eigenvalue weighted by molar-refractivity contribution is 5.93. The largest absolute Gasteiger partial charge is 0.481 e. The number of carbonyl (C=O) groups is 2. The normalized spacial score (nSPS) is 17.6. The molecule has 110 valence electrons. The molecule has 0 aliphatic heterocycles. The number of amides is 1. The molecule has 6 nitrogen and oxygen atoms in total. The summed E-state index contributed by atoms with van der Waals surface area (Å²) in [6, 6.07) is 0. The van der Waals surface area contributed by atoms with E-state index in [4.69, 9.17) is 4.42 Å². The molecule has 0 radical (unpaired) electrons.